The van der Waals surface area contributed by atoms with Crippen LogP contribution in [0.2, 0.25) is 0 Å². The molecule has 1 amide bonds. The second kappa shape index (κ2) is 5.16. The number of rotatable bonds is 3. The van der Waals surface area contributed by atoms with E-state index in [1.807, 2.05) is 0 Å². The Bertz CT molecular complexity index is 403. The van der Waals surface area contributed by atoms with E-state index >= 15 is 0 Å². The number of Topliss-reactive ketones (excluding diaryl/α,β-unsaturated/α-hetero) is 1. The molecule has 5 heteroatoms. The number of hydrogen-bond acceptors (Lipinski definition) is 4. The summed E-state index contributed by atoms with van der Waals surface area (Å²) in [7, 11) is 1.21. The predicted molar refractivity (Wildman–Crippen MR) is 57.1 cm³/mol. The molecule has 0 saturated carbocycles. The number of para-hydroxylation sites is 1. The second-order valence-corrected chi connectivity index (χ2v) is 3.24. The van der Waals surface area contributed by atoms with Gasteiger partial charge < -0.3 is 15.2 Å². The van der Waals surface area contributed by atoms with Gasteiger partial charge >= 0.3 is 6.09 Å². The molecule has 0 spiro atoms. The number of nitrogens with one attached hydrogen (secondary N) is 1. The number of hydrogen-bond donors (Lipinski definition) is 2. The number of phenolic OH excluding ortho intramolecular Hbond substituents is 1. The van der Waals surface area contributed by atoms with Gasteiger partial charge in [0.1, 0.15) is 11.8 Å². The summed E-state index contributed by atoms with van der Waals surface area (Å²) in [6.07, 6.45) is -0.719. The standard InChI is InChI=1S/C11H13NO4/c1-7(13)10(12-11(15)16-2)8-5-3-4-6-9(8)14/h3-6,10,14H,1-2H3,(H,12,15). The third kappa shape index (κ3) is 2.73. The van der Waals surface area contributed by atoms with Crippen LogP contribution in [0.25, 0.3) is 0 Å². The quantitative estimate of drug-likeness (QED) is 0.811. The van der Waals surface area contributed by atoms with Crippen LogP contribution in [0.1, 0.15) is 18.5 Å². The average Bonchev–Trinajstić information content (AvgIpc) is 2.26. The van der Waals surface area contributed by atoms with Gasteiger partial charge in [-0.2, -0.15) is 0 Å². The number of ether oxygens (including phenoxy) is 1. The number of methoxy groups -OCH3 is 1. The summed E-state index contributed by atoms with van der Waals surface area (Å²) in [5.41, 5.74) is 0.348. The van der Waals surface area contributed by atoms with Crippen molar-refractivity contribution in [2.24, 2.45) is 0 Å². The first-order valence-corrected chi connectivity index (χ1v) is 4.69. The maximum atomic E-state index is 11.4. The van der Waals surface area contributed by atoms with Crippen molar-refractivity contribution < 1.29 is 19.4 Å². The van der Waals surface area contributed by atoms with Crippen LogP contribution in [0.5, 0.6) is 5.75 Å². The van der Waals surface area contributed by atoms with Crippen molar-refractivity contribution in [1.82, 2.24) is 5.32 Å². The fraction of sp³-hybridized carbons (Fsp3) is 0.273. The van der Waals surface area contributed by atoms with E-state index in [0.29, 0.717) is 5.56 Å². The van der Waals surface area contributed by atoms with E-state index in [1.54, 1.807) is 18.2 Å². The number of carbonyl (C=O) groups excluding carboxylic acids is 2. The number of phenols is 1. The predicted octanol–water partition coefficient (Wildman–Crippen LogP) is 1.38. The summed E-state index contributed by atoms with van der Waals surface area (Å²) in [5, 5.41) is 11.9. The molecule has 0 radical (unpaired) electrons. The number of alkyl carbamates (subject to hydrolysis) is 1. The summed E-state index contributed by atoms with van der Waals surface area (Å²) in [6.45, 7) is 1.33. The van der Waals surface area contributed by atoms with Gasteiger partial charge in [0.25, 0.3) is 0 Å². The van der Waals surface area contributed by atoms with Crippen LogP contribution in [-0.4, -0.2) is 24.1 Å². The maximum Gasteiger partial charge on any atom is 0.407 e. The van der Waals surface area contributed by atoms with Crippen LogP contribution in [0, 0.1) is 0 Å². The van der Waals surface area contributed by atoms with Gasteiger partial charge in [0.2, 0.25) is 0 Å². The number of amides is 1. The van der Waals surface area contributed by atoms with Crippen molar-refractivity contribution in [3.8, 4) is 5.75 Å². The van der Waals surface area contributed by atoms with E-state index in [0.717, 1.165) is 0 Å². The third-order valence-corrected chi connectivity index (χ3v) is 2.10. The molecule has 0 saturated heterocycles. The molecule has 5 nitrogen and oxygen atoms in total. The first-order chi connectivity index (χ1) is 7.56. The highest BCUT2D eigenvalue weighted by Gasteiger charge is 2.21. The molecule has 1 atom stereocenters. The molecular formula is C11H13NO4. The molecule has 16 heavy (non-hydrogen) atoms. The van der Waals surface area contributed by atoms with Gasteiger partial charge in [-0.1, -0.05) is 18.2 Å². The Morgan fingerprint density at radius 3 is 2.50 bits per heavy atom. The number of carbonyl (C=O) groups is 2. The van der Waals surface area contributed by atoms with Gasteiger partial charge in [0, 0.05) is 5.56 Å². The van der Waals surface area contributed by atoms with Gasteiger partial charge in [-0.05, 0) is 13.0 Å². The molecule has 1 unspecified atom stereocenters. The van der Waals surface area contributed by atoms with E-state index < -0.39 is 12.1 Å². The van der Waals surface area contributed by atoms with E-state index in [4.69, 9.17) is 0 Å². The molecule has 0 aromatic heterocycles. The van der Waals surface area contributed by atoms with E-state index in [-0.39, 0.29) is 11.5 Å². The van der Waals surface area contributed by atoms with E-state index in [1.165, 1.54) is 20.1 Å². The van der Waals surface area contributed by atoms with Gasteiger partial charge in [-0.25, -0.2) is 4.79 Å². The first kappa shape index (κ1) is 12.0. The number of benzene rings is 1. The lowest BCUT2D eigenvalue weighted by molar-refractivity contribution is -0.119. The number of ketones is 1. The Hall–Kier alpha value is -2.04. The monoisotopic (exact) mass is 223 g/mol. The fourth-order valence-corrected chi connectivity index (χ4v) is 1.31. The zero-order valence-electron chi connectivity index (χ0n) is 9.06. The van der Waals surface area contributed by atoms with Crippen molar-refractivity contribution in [2.45, 2.75) is 13.0 Å². The topological polar surface area (TPSA) is 75.6 Å². The van der Waals surface area contributed by atoms with E-state index in [9.17, 15) is 14.7 Å². The van der Waals surface area contributed by atoms with Crippen LogP contribution in [0.4, 0.5) is 4.79 Å². The zero-order chi connectivity index (χ0) is 12.1. The van der Waals surface area contributed by atoms with Crippen molar-refractivity contribution in [3.05, 3.63) is 29.8 Å². The Morgan fingerprint density at radius 1 is 1.38 bits per heavy atom. The smallest absolute Gasteiger partial charge is 0.407 e. The molecule has 0 aliphatic carbocycles. The highest BCUT2D eigenvalue weighted by Crippen LogP contribution is 2.24. The average molecular weight is 223 g/mol. The minimum atomic E-state index is -0.895. The Balaban J connectivity index is 2.99. The van der Waals surface area contributed by atoms with Crippen LogP contribution in [0.3, 0.4) is 0 Å². The molecule has 1 rings (SSSR count). The molecule has 86 valence electrons. The van der Waals surface area contributed by atoms with Gasteiger partial charge in [-0.15, -0.1) is 0 Å². The van der Waals surface area contributed by atoms with Gasteiger partial charge in [-0.3, -0.25) is 4.79 Å². The Kier molecular flexibility index (Phi) is 3.88. The summed E-state index contributed by atoms with van der Waals surface area (Å²) in [5.74, 6) is -0.328. The van der Waals surface area contributed by atoms with Crippen LogP contribution in [0.15, 0.2) is 24.3 Å². The highest BCUT2D eigenvalue weighted by atomic mass is 16.5. The SMILES string of the molecule is COC(=O)NC(C(C)=O)c1ccccc1O. The highest BCUT2D eigenvalue weighted by molar-refractivity contribution is 5.87. The van der Waals surface area contributed by atoms with Crippen molar-refractivity contribution in [2.75, 3.05) is 7.11 Å². The van der Waals surface area contributed by atoms with Crippen LogP contribution < -0.4 is 5.32 Å². The largest absolute Gasteiger partial charge is 0.508 e. The van der Waals surface area contributed by atoms with Crippen LogP contribution in [-0.2, 0) is 9.53 Å². The summed E-state index contributed by atoms with van der Waals surface area (Å²) >= 11 is 0. The maximum absolute atomic E-state index is 11.4. The second-order valence-electron chi connectivity index (χ2n) is 3.24. The van der Waals surface area contributed by atoms with Gasteiger partial charge in [0.05, 0.1) is 7.11 Å². The third-order valence-electron chi connectivity index (χ3n) is 2.10. The van der Waals surface area contributed by atoms with Gasteiger partial charge in [0.15, 0.2) is 5.78 Å². The molecule has 0 fully saturated rings. The fourth-order valence-electron chi connectivity index (χ4n) is 1.31. The normalized spacial score (nSPS) is 11.6. The lowest BCUT2D eigenvalue weighted by Gasteiger charge is -2.16. The molecule has 2 N–H and O–H groups in total. The minimum Gasteiger partial charge on any atom is -0.508 e. The summed E-state index contributed by atoms with van der Waals surface area (Å²) < 4.78 is 4.41. The van der Waals surface area contributed by atoms with Crippen molar-refractivity contribution in [1.29, 1.82) is 0 Å². The number of aromatic hydroxyl groups is 1. The lowest BCUT2D eigenvalue weighted by atomic mass is 10.0. The van der Waals surface area contributed by atoms with Crippen molar-refractivity contribution >= 4 is 11.9 Å². The zero-order valence-corrected chi connectivity index (χ0v) is 9.06. The molecule has 0 bridgehead atoms. The summed E-state index contributed by atoms with van der Waals surface area (Å²) in [6, 6.07) is 5.42. The molecule has 0 aliphatic heterocycles. The Morgan fingerprint density at radius 2 is 2.00 bits per heavy atom. The Labute approximate surface area is 93.0 Å². The van der Waals surface area contributed by atoms with Crippen molar-refractivity contribution in [3.63, 3.8) is 0 Å². The summed E-state index contributed by atoms with van der Waals surface area (Å²) in [4.78, 5) is 22.4. The molecular weight excluding hydrogens is 210 g/mol. The molecule has 1 aromatic rings. The van der Waals surface area contributed by atoms with Crippen LogP contribution >= 0.6 is 0 Å². The molecule has 0 heterocycles. The first-order valence-electron chi connectivity index (χ1n) is 4.69. The minimum absolute atomic E-state index is 0.0425. The van der Waals surface area contributed by atoms with E-state index in [2.05, 4.69) is 10.1 Å². The molecule has 1 aromatic carbocycles. The molecule has 0 aliphatic rings. The lowest BCUT2D eigenvalue weighted by Crippen LogP contribution is -2.32.